The van der Waals surface area contributed by atoms with Gasteiger partial charge in [0.2, 0.25) is 10.0 Å². The zero-order valence-electron chi connectivity index (χ0n) is 19.1. The van der Waals surface area contributed by atoms with Gasteiger partial charge in [-0.3, -0.25) is 9.52 Å². The third-order valence-electron chi connectivity index (χ3n) is 5.33. The number of carbonyl (C=O) groups is 1. The maximum atomic E-state index is 12.9. The van der Waals surface area contributed by atoms with Crippen LogP contribution in [0.4, 0.5) is 11.4 Å². The number of sulfonamides is 2. The molecule has 0 aliphatic rings. The second kappa shape index (κ2) is 10.4. The molecule has 3 rings (SSSR count). The molecule has 8 nitrogen and oxygen atoms in total. The number of carbonyl (C=O) groups excluding carboxylic acids is 1. The van der Waals surface area contributed by atoms with Crippen LogP contribution >= 0.6 is 0 Å². The fourth-order valence-corrected chi connectivity index (χ4v) is 6.02. The van der Waals surface area contributed by atoms with E-state index >= 15 is 0 Å². The zero-order valence-corrected chi connectivity index (χ0v) is 20.8. The first kappa shape index (κ1) is 25.4. The topological polar surface area (TPSA) is 113 Å². The lowest BCUT2D eigenvalue weighted by molar-refractivity contribution is 0.102. The Labute approximate surface area is 200 Å². The van der Waals surface area contributed by atoms with Crippen LogP contribution in [0.1, 0.15) is 29.8 Å². The van der Waals surface area contributed by atoms with Crippen molar-refractivity contribution >= 4 is 37.3 Å². The smallest absolute Gasteiger partial charge is 0.261 e. The van der Waals surface area contributed by atoms with Gasteiger partial charge < -0.3 is 5.32 Å². The van der Waals surface area contributed by atoms with E-state index in [0.717, 1.165) is 0 Å². The number of amides is 1. The lowest BCUT2D eigenvalue weighted by Gasteiger charge is -2.18. The maximum Gasteiger partial charge on any atom is 0.261 e. The van der Waals surface area contributed by atoms with Crippen molar-refractivity contribution in [2.45, 2.75) is 30.6 Å². The highest BCUT2D eigenvalue weighted by Gasteiger charge is 2.22. The van der Waals surface area contributed by atoms with Gasteiger partial charge in [0.25, 0.3) is 15.9 Å². The summed E-state index contributed by atoms with van der Waals surface area (Å²) in [6.45, 7) is 5.91. The van der Waals surface area contributed by atoms with Crippen LogP contribution < -0.4 is 10.0 Å². The predicted molar refractivity (Wildman–Crippen MR) is 133 cm³/mol. The molecule has 0 fully saturated rings. The quantitative estimate of drug-likeness (QED) is 0.459. The summed E-state index contributed by atoms with van der Waals surface area (Å²) in [4.78, 5) is 13.1. The molecule has 0 aliphatic heterocycles. The second-order valence-electron chi connectivity index (χ2n) is 7.46. The summed E-state index contributed by atoms with van der Waals surface area (Å²) in [5, 5.41) is 2.73. The first-order chi connectivity index (χ1) is 16.1. The molecule has 180 valence electrons. The number of benzene rings is 3. The number of nitrogens with one attached hydrogen (secondary N) is 2. The Kier molecular flexibility index (Phi) is 7.75. The van der Waals surface area contributed by atoms with Gasteiger partial charge in [-0.15, -0.1) is 0 Å². The van der Waals surface area contributed by atoms with Crippen molar-refractivity contribution in [3.05, 3.63) is 83.9 Å². The fourth-order valence-electron chi connectivity index (χ4n) is 3.42. The number of nitrogens with zero attached hydrogens (tertiary/aromatic N) is 1. The van der Waals surface area contributed by atoms with Crippen molar-refractivity contribution in [3.63, 3.8) is 0 Å². The van der Waals surface area contributed by atoms with E-state index in [4.69, 9.17) is 0 Å². The molecule has 0 unspecified atom stereocenters. The molecular weight excluding hydrogens is 474 g/mol. The first-order valence-corrected chi connectivity index (χ1v) is 13.6. The van der Waals surface area contributed by atoms with Crippen molar-refractivity contribution in [1.82, 2.24) is 4.31 Å². The molecule has 3 aromatic rings. The van der Waals surface area contributed by atoms with Gasteiger partial charge in [0.05, 0.1) is 15.5 Å². The Morgan fingerprint density at radius 2 is 1.41 bits per heavy atom. The summed E-state index contributed by atoms with van der Waals surface area (Å²) in [5.41, 5.74) is 1.45. The second-order valence-corrected chi connectivity index (χ2v) is 11.1. The van der Waals surface area contributed by atoms with E-state index in [9.17, 15) is 21.6 Å². The van der Waals surface area contributed by atoms with Crippen molar-refractivity contribution in [2.24, 2.45) is 0 Å². The van der Waals surface area contributed by atoms with Gasteiger partial charge >= 0.3 is 0 Å². The summed E-state index contributed by atoms with van der Waals surface area (Å²) in [6.07, 6.45) is 0. The van der Waals surface area contributed by atoms with E-state index in [0.29, 0.717) is 24.3 Å². The molecule has 0 heterocycles. The van der Waals surface area contributed by atoms with Gasteiger partial charge in [0.1, 0.15) is 0 Å². The molecule has 0 saturated carbocycles. The van der Waals surface area contributed by atoms with Gasteiger partial charge in [0.15, 0.2) is 0 Å². The van der Waals surface area contributed by atoms with Crippen LogP contribution in [0.5, 0.6) is 0 Å². The number of rotatable bonds is 9. The molecule has 0 radical (unpaired) electrons. The third kappa shape index (κ3) is 5.46. The van der Waals surface area contributed by atoms with Crippen LogP contribution in [0, 0.1) is 6.92 Å². The first-order valence-electron chi connectivity index (χ1n) is 10.7. The number of hydrogen-bond donors (Lipinski definition) is 2. The normalized spacial score (nSPS) is 11.9. The van der Waals surface area contributed by atoms with Crippen LogP contribution in [0.15, 0.2) is 82.6 Å². The van der Waals surface area contributed by atoms with Crippen molar-refractivity contribution in [2.75, 3.05) is 23.1 Å². The van der Waals surface area contributed by atoms with Crippen molar-refractivity contribution in [3.8, 4) is 0 Å². The van der Waals surface area contributed by atoms with Crippen molar-refractivity contribution < 1.29 is 21.6 Å². The van der Waals surface area contributed by atoms with Gasteiger partial charge in [0, 0.05) is 24.3 Å². The van der Waals surface area contributed by atoms with Gasteiger partial charge in [-0.1, -0.05) is 38.1 Å². The van der Waals surface area contributed by atoms with E-state index in [1.54, 1.807) is 57.2 Å². The highest BCUT2D eigenvalue weighted by atomic mass is 32.2. The Balaban J connectivity index is 1.80. The average Bonchev–Trinajstić information content (AvgIpc) is 2.82. The standard InChI is InChI=1S/C24H27N3O5S2/c1-4-27(5-2)34(31,32)21-16-14-19(15-17-21)25-24(28)22-12-9-13-23(18(22)3)26-33(29,30)20-10-7-6-8-11-20/h6-17,26H,4-5H2,1-3H3,(H,25,28). The average molecular weight is 502 g/mol. The third-order valence-corrected chi connectivity index (χ3v) is 8.78. The zero-order chi connectivity index (χ0) is 24.9. The molecule has 0 atom stereocenters. The molecule has 0 aromatic heterocycles. The highest BCUT2D eigenvalue weighted by molar-refractivity contribution is 7.92. The molecular formula is C24H27N3O5S2. The number of anilines is 2. The van der Waals surface area contributed by atoms with E-state index in [-0.39, 0.29) is 21.0 Å². The fraction of sp³-hybridized carbons (Fsp3) is 0.208. The molecule has 0 bridgehead atoms. The summed E-state index contributed by atoms with van der Waals surface area (Å²) >= 11 is 0. The Morgan fingerprint density at radius 1 is 0.794 bits per heavy atom. The summed E-state index contributed by atoms with van der Waals surface area (Å²) in [5.74, 6) is -0.447. The van der Waals surface area contributed by atoms with Crippen molar-refractivity contribution in [1.29, 1.82) is 0 Å². The van der Waals surface area contributed by atoms with E-state index in [1.807, 2.05) is 0 Å². The largest absolute Gasteiger partial charge is 0.322 e. The Bertz CT molecular complexity index is 1370. The SMILES string of the molecule is CCN(CC)S(=O)(=O)c1ccc(NC(=O)c2cccc(NS(=O)(=O)c3ccccc3)c2C)cc1. The van der Waals surface area contributed by atoms with Gasteiger partial charge in [-0.2, -0.15) is 4.31 Å². The highest BCUT2D eigenvalue weighted by Crippen LogP contribution is 2.24. The monoisotopic (exact) mass is 501 g/mol. The summed E-state index contributed by atoms with van der Waals surface area (Å²) in [6, 6.07) is 18.6. The molecule has 10 heteroatoms. The molecule has 0 saturated heterocycles. The molecule has 0 aliphatic carbocycles. The summed E-state index contributed by atoms with van der Waals surface area (Å²) in [7, 11) is -7.41. The molecule has 2 N–H and O–H groups in total. The number of hydrogen-bond acceptors (Lipinski definition) is 5. The minimum atomic E-state index is -3.81. The van der Waals surface area contributed by atoms with Gasteiger partial charge in [-0.05, 0) is 61.0 Å². The molecule has 0 spiro atoms. The van der Waals surface area contributed by atoms with E-state index in [2.05, 4.69) is 10.0 Å². The van der Waals surface area contributed by atoms with Gasteiger partial charge in [-0.25, -0.2) is 16.8 Å². The molecule has 34 heavy (non-hydrogen) atoms. The van der Waals surface area contributed by atoms with E-state index < -0.39 is 26.0 Å². The van der Waals surface area contributed by atoms with Crippen LogP contribution in [0.2, 0.25) is 0 Å². The maximum absolute atomic E-state index is 12.9. The lowest BCUT2D eigenvalue weighted by Crippen LogP contribution is -2.30. The van der Waals surface area contributed by atoms with Crippen LogP contribution in [-0.4, -0.2) is 40.1 Å². The minimum absolute atomic E-state index is 0.115. The van der Waals surface area contributed by atoms with Crippen LogP contribution in [-0.2, 0) is 20.0 Å². The molecule has 3 aromatic carbocycles. The van der Waals surface area contributed by atoms with E-state index in [1.165, 1.54) is 40.7 Å². The Morgan fingerprint density at radius 3 is 2.00 bits per heavy atom. The Hall–Kier alpha value is -3.21. The van der Waals surface area contributed by atoms with Crippen LogP contribution in [0.3, 0.4) is 0 Å². The summed E-state index contributed by atoms with van der Waals surface area (Å²) < 4.78 is 54.5. The molecule has 1 amide bonds. The minimum Gasteiger partial charge on any atom is -0.322 e. The van der Waals surface area contributed by atoms with Crippen LogP contribution in [0.25, 0.3) is 0 Å². The predicted octanol–water partition coefficient (Wildman–Crippen LogP) is 4.08. The lowest BCUT2D eigenvalue weighted by atomic mass is 10.1.